The van der Waals surface area contributed by atoms with Crippen molar-refractivity contribution < 1.29 is 24.2 Å². The molecule has 0 aromatic rings. The van der Waals surface area contributed by atoms with Gasteiger partial charge in [-0.15, -0.1) is 0 Å². The summed E-state index contributed by atoms with van der Waals surface area (Å²) in [7, 11) is 1.34. The third-order valence-electron chi connectivity index (χ3n) is 4.79. The van der Waals surface area contributed by atoms with Gasteiger partial charge in [0.1, 0.15) is 0 Å². The number of hydrogen-bond acceptors (Lipinski definition) is 4. The van der Waals surface area contributed by atoms with Gasteiger partial charge < -0.3 is 14.7 Å². The fourth-order valence-corrected chi connectivity index (χ4v) is 3.36. The van der Waals surface area contributed by atoms with Crippen molar-refractivity contribution in [1.29, 1.82) is 0 Å². The van der Waals surface area contributed by atoms with E-state index in [-0.39, 0.29) is 23.7 Å². The number of rotatable bonds is 3. The topological polar surface area (TPSA) is 83.9 Å². The molecule has 4 unspecified atom stereocenters. The summed E-state index contributed by atoms with van der Waals surface area (Å²) in [6.07, 6.45) is 0. The van der Waals surface area contributed by atoms with Gasteiger partial charge in [-0.1, -0.05) is 20.8 Å². The molecule has 0 radical (unpaired) electrons. The SMILES string of the molecule is COC(=O)C1CN(C(=O)C2C(C(=O)O)C2(C)C)CC1C. The van der Waals surface area contributed by atoms with Crippen LogP contribution in [-0.2, 0) is 19.1 Å². The monoisotopic (exact) mass is 283 g/mol. The van der Waals surface area contributed by atoms with Crippen LogP contribution in [0.3, 0.4) is 0 Å². The van der Waals surface area contributed by atoms with E-state index in [9.17, 15) is 14.4 Å². The zero-order chi connectivity index (χ0) is 15.2. The van der Waals surface area contributed by atoms with Crippen LogP contribution in [0.25, 0.3) is 0 Å². The highest BCUT2D eigenvalue weighted by atomic mass is 16.5. The van der Waals surface area contributed by atoms with Gasteiger partial charge in [-0.25, -0.2) is 0 Å². The van der Waals surface area contributed by atoms with Gasteiger partial charge in [0.05, 0.1) is 24.9 Å². The van der Waals surface area contributed by atoms with Crippen LogP contribution in [0, 0.1) is 29.1 Å². The lowest BCUT2D eigenvalue weighted by molar-refractivity contribution is -0.146. The Bertz CT molecular complexity index is 458. The van der Waals surface area contributed by atoms with Gasteiger partial charge in [-0.3, -0.25) is 14.4 Å². The molecule has 4 atom stereocenters. The highest BCUT2D eigenvalue weighted by Crippen LogP contribution is 2.59. The summed E-state index contributed by atoms with van der Waals surface area (Å²) < 4.78 is 4.74. The Morgan fingerprint density at radius 1 is 1.20 bits per heavy atom. The van der Waals surface area contributed by atoms with Gasteiger partial charge in [-0.2, -0.15) is 0 Å². The molecule has 6 heteroatoms. The van der Waals surface area contributed by atoms with Gasteiger partial charge >= 0.3 is 11.9 Å². The van der Waals surface area contributed by atoms with Crippen LogP contribution in [0.15, 0.2) is 0 Å². The van der Waals surface area contributed by atoms with Gasteiger partial charge in [0, 0.05) is 13.1 Å². The van der Waals surface area contributed by atoms with Gasteiger partial charge in [0.25, 0.3) is 0 Å². The largest absolute Gasteiger partial charge is 0.481 e. The van der Waals surface area contributed by atoms with Crippen molar-refractivity contribution in [3.8, 4) is 0 Å². The molecule has 1 aliphatic carbocycles. The van der Waals surface area contributed by atoms with Crippen molar-refractivity contribution in [1.82, 2.24) is 4.90 Å². The zero-order valence-electron chi connectivity index (χ0n) is 12.3. The van der Waals surface area contributed by atoms with Crippen LogP contribution in [0.1, 0.15) is 20.8 Å². The molecule has 0 spiro atoms. The van der Waals surface area contributed by atoms with E-state index in [4.69, 9.17) is 9.84 Å². The molecule has 1 amide bonds. The minimum atomic E-state index is -0.926. The normalized spacial score (nSPS) is 34.7. The number of nitrogens with zero attached hydrogens (tertiary/aromatic N) is 1. The number of esters is 1. The van der Waals surface area contributed by atoms with E-state index >= 15 is 0 Å². The summed E-state index contributed by atoms with van der Waals surface area (Å²) in [6.45, 7) is 6.31. The molecule has 2 aliphatic rings. The summed E-state index contributed by atoms with van der Waals surface area (Å²) >= 11 is 0. The molecule has 0 bridgehead atoms. The lowest BCUT2D eigenvalue weighted by Gasteiger charge is -2.16. The standard InChI is InChI=1S/C14H21NO5/c1-7-5-15(6-8(7)13(19)20-4)11(16)9-10(12(17)18)14(9,2)3/h7-10H,5-6H2,1-4H3,(H,17,18). The molecule has 0 aromatic carbocycles. The van der Waals surface area contributed by atoms with Crippen molar-refractivity contribution in [2.75, 3.05) is 20.2 Å². The van der Waals surface area contributed by atoms with Crippen molar-refractivity contribution in [2.24, 2.45) is 29.1 Å². The highest BCUT2D eigenvalue weighted by Gasteiger charge is 2.67. The summed E-state index contributed by atoms with van der Waals surface area (Å²) in [5.41, 5.74) is -0.504. The Morgan fingerprint density at radius 2 is 1.80 bits per heavy atom. The Morgan fingerprint density at radius 3 is 2.25 bits per heavy atom. The first-order valence-electron chi connectivity index (χ1n) is 6.81. The molecule has 1 aliphatic heterocycles. The molecular weight excluding hydrogens is 262 g/mol. The number of carbonyl (C=O) groups is 3. The van der Waals surface area contributed by atoms with Crippen LogP contribution >= 0.6 is 0 Å². The van der Waals surface area contributed by atoms with Gasteiger partial charge in [-0.05, 0) is 11.3 Å². The first-order chi connectivity index (χ1) is 9.21. The Balaban J connectivity index is 2.06. The van der Waals surface area contributed by atoms with Crippen molar-refractivity contribution in [3.63, 3.8) is 0 Å². The smallest absolute Gasteiger partial charge is 0.310 e. The van der Waals surface area contributed by atoms with E-state index < -0.39 is 23.2 Å². The summed E-state index contributed by atoms with van der Waals surface area (Å²) in [6, 6.07) is 0. The zero-order valence-corrected chi connectivity index (χ0v) is 12.3. The number of amides is 1. The second-order valence-corrected chi connectivity index (χ2v) is 6.47. The predicted octanol–water partition coefficient (Wildman–Crippen LogP) is 0.611. The fourth-order valence-electron chi connectivity index (χ4n) is 3.36. The van der Waals surface area contributed by atoms with Crippen LogP contribution in [0.4, 0.5) is 0 Å². The van der Waals surface area contributed by atoms with Gasteiger partial charge in [0.15, 0.2) is 0 Å². The number of ether oxygens (including phenoxy) is 1. The maximum Gasteiger partial charge on any atom is 0.310 e. The second-order valence-electron chi connectivity index (χ2n) is 6.47. The van der Waals surface area contributed by atoms with E-state index in [1.165, 1.54) is 7.11 Å². The fraction of sp³-hybridized carbons (Fsp3) is 0.786. The van der Waals surface area contributed by atoms with E-state index in [2.05, 4.69) is 0 Å². The predicted molar refractivity (Wildman–Crippen MR) is 69.6 cm³/mol. The summed E-state index contributed by atoms with van der Waals surface area (Å²) in [5, 5.41) is 9.14. The lowest BCUT2D eigenvalue weighted by atomic mass is 9.99. The number of aliphatic carboxylic acids is 1. The maximum atomic E-state index is 12.5. The average Bonchev–Trinajstić information content (AvgIpc) is 2.74. The maximum absolute atomic E-state index is 12.5. The van der Waals surface area contributed by atoms with Crippen LogP contribution < -0.4 is 0 Å². The molecule has 1 saturated heterocycles. The quantitative estimate of drug-likeness (QED) is 0.767. The first kappa shape index (κ1) is 14.8. The molecule has 1 N–H and O–H groups in total. The molecule has 6 nitrogen and oxygen atoms in total. The third-order valence-corrected chi connectivity index (χ3v) is 4.79. The lowest BCUT2D eigenvalue weighted by Crippen LogP contribution is -2.33. The Kier molecular flexibility index (Phi) is 3.52. The molecule has 20 heavy (non-hydrogen) atoms. The second kappa shape index (κ2) is 4.75. The minimum Gasteiger partial charge on any atom is -0.481 e. The van der Waals surface area contributed by atoms with E-state index in [0.29, 0.717) is 13.1 Å². The first-order valence-corrected chi connectivity index (χ1v) is 6.81. The molecule has 1 heterocycles. The van der Waals surface area contributed by atoms with E-state index in [0.717, 1.165) is 0 Å². The van der Waals surface area contributed by atoms with E-state index in [1.54, 1.807) is 18.7 Å². The summed E-state index contributed by atoms with van der Waals surface area (Å²) in [4.78, 5) is 36.8. The van der Waals surface area contributed by atoms with Crippen molar-refractivity contribution in [3.05, 3.63) is 0 Å². The molecular formula is C14H21NO5. The Hall–Kier alpha value is -1.59. The molecule has 2 fully saturated rings. The number of hydrogen-bond donors (Lipinski definition) is 1. The average molecular weight is 283 g/mol. The highest BCUT2D eigenvalue weighted by molar-refractivity contribution is 5.92. The van der Waals surface area contributed by atoms with E-state index in [1.807, 2.05) is 6.92 Å². The van der Waals surface area contributed by atoms with Crippen LogP contribution in [0.5, 0.6) is 0 Å². The van der Waals surface area contributed by atoms with Crippen molar-refractivity contribution >= 4 is 17.8 Å². The van der Waals surface area contributed by atoms with Crippen molar-refractivity contribution in [2.45, 2.75) is 20.8 Å². The third kappa shape index (κ3) is 2.17. The molecule has 0 aromatic heterocycles. The molecule has 2 rings (SSSR count). The number of methoxy groups -OCH3 is 1. The number of carbonyl (C=O) groups excluding carboxylic acids is 2. The van der Waals surface area contributed by atoms with Crippen LogP contribution in [0.2, 0.25) is 0 Å². The number of carboxylic acid groups (broad SMARTS) is 1. The minimum absolute atomic E-state index is 0.0385. The Labute approximate surface area is 118 Å². The van der Waals surface area contributed by atoms with Crippen LogP contribution in [-0.4, -0.2) is 48.1 Å². The molecule has 1 saturated carbocycles. The van der Waals surface area contributed by atoms with Gasteiger partial charge in [0.2, 0.25) is 5.91 Å². The number of carboxylic acids is 1. The molecule has 112 valence electrons. The number of likely N-dealkylation sites (tertiary alicyclic amines) is 1. The summed E-state index contributed by atoms with van der Waals surface area (Å²) in [5.74, 6) is -2.76.